The molecule has 0 saturated heterocycles. The SMILES string of the molecule is CCCCC/C=C\C/C=C\C/C=C\C/C=C\CCCCCC(=O)OC[C@H](COC(=O)CCC/C=C\C/C=C\C/C=C\CCCCCCCC)OC(=O)CCC/C=C\C/C=C\C/C=C\CCCCCCCC. The van der Waals surface area contributed by atoms with Gasteiger partial charge in [-0.2, -0.15) is 0 Å². The highest BCUT2D eigenvalue weighted by Gasteiger charge is 2.19. The van der Waals surface area contributed by atoms with E-state index in [1.165, 1.54) is 116 Å². The fourth-order valence-corrected chi connectivity index (χ4v) is 7.52. The summed E-state index contributed by atoms with van der Waals surface area (Å²) in [5, 5.41) is 0. The maximum Gasteiger partial charge on any atom is 0.306 e. The topological polar surface area (TPSA) is 78.9 Å². The summed E-state index contributed by atoms with van der Waals surface area (Å²) in [7, 11) is 0. The van der Waals surface area contributed by atoms with Crippen LogP contribution in [0.4, 0.5) is 0 Å². The molecule has 0 aliphatic heterocycles. The summed E-state index contributed by atoms with van der Waals surface area (Å²) in [5.41, 5.74) is 0. The first-order chi connectivity index (χ1) is 35.0. The molecule has 0 rings (SSSR count). The Balaban J connectivity index is 4.61. The molecule has 0 fully saturated rings. The Morgan fingerprint density at radius 2 is 0.521 bits per heavy atom. The molecule has 0 heterocycles. The third kappa shape index (κ3) is 56.6. The third-order valence-electron chi connectivity index (χ3n) is 11.9. The molecule has 0 N–H and O–H groups in total. The van der Waals surface area contributed by atoms with Crippen molar-refractivity contribution in [2.24, 2.45) is 0 Å². The quantitative estimate of drug-likeness (QED) is 0.0261. The van der Waals surface area contributed by atoms with E-state index in [2.05, 4.69) is 142 Å². The van der Waals surface area contributed by atoms with Crippen LogP contribution in [0.25, 0.3) is 0 Å². The number of carbonyl (C=O) groups excluding carboxylic acids is 3. The second-order valence-electron chi connectivity index (χ2n) is 18.8. The number of rotatable bonds is 51. The van der Waals surface area contributed by atoms with Crippen LogP contribution in [0.2, 0.25) is 0 Å². The molecule has 0 radical (unpaired) electrons. The van der Waals surface area contributed by atoms with Crippen molar-refractivity contribution < 1.29 is 28.6 Å². The van der Waals surface area contributed by atoms with E-state index in [0.29, 0.717) is 19.3 Å². The fourth-order valence-electron chi connectivity index (χ4n) is 7.52. The van der Waals surface area contributed by atoms with Crippen molar-refractivity contribution in [1.82, 2.24) is 0 Å². The van der Waals surface area contributed by atoms with E-state index in [1.807, 2.05) is 0 Å². The Kier molecular flexibility index (Phi) is 54.9. The van der Waals surface area contributed by atoms with Gasteiger partial charge < -0.3 is 14.2 Å². The number of hydrogen-bond acceptors (Lipinski definition) is 6. The summed E-state index contributed by atoms with van der Waals surface area (Å²) in [5.74, 6) is -1.07. The summed E-state index contributed by atoms with van der Waals surface area (Å²) in [6, 6.07) is 0. The lowest BCUT2D eigenvalue weighted by molar-refractivity contribution is -0.167. The van der Waals surface area contributed by atoms with Crippen molar-refractivity contribution in [3.05, 3.63) is 122 Å². The Bertz CT molecular complexity index is 1500. The van der Waals surface area contributed by atoms with Crippen LogP contribution in [0.15, 0.2) is 122 Å². The molecule has 0 spiro atoms. The van der Waals surface area contributed by atoms with Crippen molar-refractivity contribution in [3.63, 3.8) is 0 Å². The van der Waals surface area contributed by atoms with Crippen molar-refractivity contribution >= 4 is 17.9 Å². The molecular weight excluding hydrogens is 877 g/mol. The largest absolute Gasteiger partial charge is 0.462 e. The van der Waals surface area contributed by atoms with Crippen LogP contribution < -0.4 is 0 Å². The Hall–Kier alpha value is -4.19. The zero-order valence-electron chi connectivity index (χ0n) is 45.9. The van der Waals surface area contributed by atoms with E-state index in [4.69, 9.17) is 14.2 Å². The van der Waals surface area contributed by atoms with Crippen LogP contribution in [-0.2, 0) is 28.6 Å². The van der Waals surface area contributed by atoms with Gasteiger partial charge in [0, 0.05) is 19.3 Å². The second-order valence-corrected chi connectivity index (χ2v) is 18.8. The standard InChI is InChI=1S/C65H106O6/c1-4-7-10-13-16-19-22-25-28-31-32-35-37-40-43-46-49-52-55-58-64(67)70-61-62(71-65(68)59-56-53-50-47-44-41-38-34-30-27-24-21-18-15-12-9-6-3)60-69-63(66)57-54-51-48-45-42-39-36-33-29-26-23-20-17-14-11-8-5-2/h16,19,25-30,32,35-36,38-41,43,45,47-48,50,62H,4-15,17-18,20-24,31,33-34,37,42,44,46,49,51-61H2,1-3H3/b19-16-,28-25-,29-26-,30-27-,35-32-,39-36-,41-38-,43-40-,48-45-,50-47-/t62-/m0/s1. The molecule has 71 heavy (non-hydrogen) atoms. The number of ether oxygens (including phenoxy) is 3. The lowest BCUT2D eigenvalue weighted by atomic mass is 10.1. The average molecular weight is 984 g/mol. The van der Waals surface area contributed by atoms with E-state index in [1.54, 1.807) is 0 Å². The summed E-state index contributed by atoms with van der Waals surface area (Å²) in [6.45, 7) is 6.48. The van der Waals surface area contributed by atoms with Gasteiger partial charge in [0.25, 0.3) is 0 Å². The van der Waals surface area contributed by atoms with Crippen LogP contribution in [0.3, 0.4) is 0 Å². The van der Waals surface area contributed by atoms with Gasteiger partial charge in [-0.15, -0.1) is 0 Å². The van der Waals surface area contributed by atoms with E-state index < -0.39 is 6.10 Å². The first-order valence-corrected chi connectivity index (χ1v) is 29.0. The molecule has 6 heteroatoms. The number of allylic oxidation sites excluding steroid dienone is 20. The van der Waals surface area contributed by atoms with Gasteiger partial charge in [-0.3, -0.25) is 14.4 Å². The van der Waals surface area contributed by atoms with Crippen LogP contribution >= 0.6 is 0 Å². The Labute approximate surface area is 437 Å². The fraction of sp³-hybridized carbons (Fsp3) is 0.646. The minimum absolute atomic E-state index is 0.133. The van der Waals surface area contributed by atoms with E-state index in [9.17, 15) is 14.4 Å². The normalized spacial score (nSPS) is 13.0. The highest BCUT2D eigenvalue weighted by Crippen LogP contribution is 2.12. The summed E-state index contributed by atoms with van der Waals surface area (Å²) in [4.78, 5) is 38.1. The van der Waals surface area contributed by atoms with Crippen molar-refractivity contribution in [2.75, 3.05) is 13.2 Å². The summed E-state index contributed by atoms with van der Waals surface area (Å²) in [6.07, 6.45) is 80.6. The van der Waals surface area contributed by atoms with Crippen LogP contribution in [0, 0.1) is 0 Å². The van der Waals surface area contributed by atoms with Gasteiger partial charge in [0.1, 0.15) is 13.2 Å². The van der Waals surface area contributed by atoms with Crippen LogP contribution in [0.1, 0.15) is 252 Å². The van der Waals surface area contributed by atoms with Gasteiger partial charge in [-0.05, 0) is 128 Å². The zero-order valence-corrected chi connectivity index (χ0v) is 45.9. The number of carbonyl (C=O) groups is 3. The zero-order chi connectivity index (χ0) is 51.4. The lowest BCUT2D eigenvalue weighted by Gasteiger charge is -2.18. The summed E-state index contributed by atoms with van der Waals surface area (Å²) < 4.78 is 16.7. The lowest BCUT2D eigenvalue weighted by Crippen LogP contribution is -2.30. The van der Waals surface area contributed by atoms with Gasteiger partial charge in [0.15, 0.2) is 6.10 Å². The molecule has 0 amide bonds. The van der Waals surface area contributed by atoms with Crippen molar-refractivity contribution in [2.45, 2.75) is 258 Å². The van der Waals surface area contributed by atoms with Crippen LogP contribution in [0.5, 0.6) is 0 Å². The molecule has 0 aliphatic rings. The molecule has 402 valence electrons. The van der Waals surface area contributed by atoms with Gasteiger partial charge in [0.05, 0.1) is 0 Å². The Morgan fingerprint density at radius 3 is 0.873 bits per heavy atom. The maximum atomic E-state index is 12.8. The molecule has 0 bridgehead atoms. The first kappa shape index (κ1) is 66.8. The predicted octanol–water partition coefficient (Wildman–Crippen LogP) is 19.6. The van der Waals surface area contributed by atoms with E-state index in [0.717, 1.165) is 83.5 Å². The van der Waals surface area contributed by atoms with Crippen molar-refractivity contribution in [1.29, 1.82) is 0 Å². The van der Waals surface area contributed by atoms with Gasteiger partial charge in [0.2, 0.25) is 0 Å². The molecule has 0 unspecified atom stereocenters. The molecule has 0 saturated carbocycles. The molecule has 1 atom stereocenters. The predicted molar refractivity (Wildman–Crippen MR) is 306 cm³/mol. The monoisotopic (exact) mass is 983 g/mol. The summed E-state index contributed by atoms with van der Waals surface area (Å²) >= 11 is 0. The van der Waals surface area contributed by atoms with E-state index >= 15 is 0 Å². The highest BCUT2D eigenvalue weighted by molar-refractivity contribution is 5.71. The molecule has 0 aromatic carbocycles. The molecular formula is C65H106O6. The average Bonchev–Trinajstić information content (AvgIpc) is 3.37. The molecule has 0 aliphatic carbocycles. The molecule has 6 nitrogen and oxygen atoms in total. The third-order valence-corrected chi connectivity index (χ3v) is 11.9. The Morgan fingerprint density at radius 1 is 0.282 bits per heavy atom. The number of esters is 3. The van der Waals surface area contributed by atoms with Crippen LogP contribution in [-0.4, -0.2) is 37.2 Å². The molecule has 0 aromatic heterocycles. The maximum absolute atomic E-state index is 12.8. The van der Waals surface area contributed by atoms with Gasteiger partial charge in [-0.25, -0.2) is 0 Å². The smallest absolute Gasteiger partial charge is 0.306 e. The highest BCUT2D eigenvalue weighted by atomic mass is 16.6. The second kappa shape index (κ2) is 58.4. The van der Waals surface area contributed by atoms with Gasteiger partial charge >= 0.3 is 17.9 Å². The van der Waals surface area contributed by atoms with Crippen molar-refractivity contribution in [3.8, 4) is 0 Å². The number of hydrogen-bond donors (Lipinski definition) is 0. The number of unbranched alkanes of at least 4 members (excludes halogenated alkanes) is 20. The minimum atomic E-state index is -0.842. The van der Waals surface area contributed by atoms with E-state index in [-0.39, 0.29) is 44.0 Å². The molecule has 0 aromatic rings. The first-order valence-electron chi connectivity index (χ1n) is 29.0. The minimum Gasteiger partial charge on any atom is -0.462 e. The van der Waals surface area contributed by atoms with Gasteiger partial charge in [-0.1, -0.05) is 226 Å².